The molecule has 0 aliphatic carbocycles. The Bertz CT molecular complexity index is 1590. The molecule has 0 unspecified atom stereocenters. The minimum atomic E-state index is 0.646. The molecule has 2 aromatic heterocycles. The van der Waals surface area contributed by atoms with E-state index in [2.05, 4.69) is 53.6 Å². The fourth-order valence-electron chi connectivity index (χ4n) is 4.66. The third-order valence-electron chi connectivity index (χ3n) is 6.39. The molecule has 0 atom stereocenters. The van der Waals surface area contributed by atoms with Gasteiger partial charge in [0.1, 0.15) is 22.8 Å². The van der Waals surface area contributed by atoms with Gasteiger partial charge in [-0.1, -0.05) is 49.4 Å². The molecule has 0 saturated carbocycles. The van der Waals surface area contributed by atoms with Crippen molar-refractivity contribution in [2.24, 2.45) is 0 Å². The van der Waals surface area contributed by atoms with E-state index in [1.54, 1.807) is 0 Å². The van der Waals surface area contributed by atoms with E-state index in [9.17, 15) is 0 Å². The monoisotopic (exact) mass is 472 g/mol. The molecule has 0 aliphatic heterocycles. The highest BCUT2D eigenvalue weighted by Gasteiger charge is 2.15. The molecule has 0 radical (unpaired) electrons. The van der Waals surface area contributed by atoms with Crippen molar-refractivity contribution in [1.82, 2.24) is 14.5 Å². The molecular weight excluding hydrogens is 444 g/mol. The Kier molecular flexibility index (Phi) is 6.26. The zero-order valence-electron chi connectivity index (χ0n) is 21.0. The number of ether oxygens (including phenoxy) is 1. The first kappa shape index (κ1) is 23.3. The smallest absolute Gasteiger partial charge is 0.198 e. The molecule has 0 aliphatic rings. The maximum atomic E-state index is 7.76. The van der Waals surface area contributed by atoms with Crippen molar-refractivity contribution < 1.29 is 4.74 Å². The van der Waals surface area contributed by atoms with Gasteiger partial charge in [-0.3, -0.25) is 0 Å². The Labute approximate surface area is 211 Å². The molecule has 178 valence electrons. The number of benzene rings is 3. The van der Waals surface area contributed by atoms with Gasteiger partial charge in [-0.2, -0.15) is 0 Å². The normalized spacial score (nSPS) is 11.0. The van der Waals surface area contributed by atoms with Gasteiger partial charge in [0, 0.05) is 12.1 Å². The van der Waals surface area contributed by atoms with Gasteiger partial charge in [-0.25, -0.2) is 14.8 Å². The van der Waals surface area contributed by atoms with Crippen LogP contribution in [0, 0.1) is 27.3 Å². The number of imidazole rings is 1. The zero-order chi connectivity index (χ0) is 25.2. The molecule has 0 fully saturated rings. The molecule has 2 heterocycles. The van der Waals surface area contributed by atoms with Crippen LogP contribution >= 0.6 is 0 Å². The number of pyridine rings is 1. The predicted octanol–water partition coefficient (Wildman–Crippen LogP) is 7.98. The van der Waals surface area contributed by atoms with Crippen LogP contribution in [0.15, 0.2) is 72.8 Å². The van der Waals surface area contributed by atoms with Crippen molar-refractivity contribution in [3.8, 4) is 22.6 Å². The Balaban J connectivity index is 1.49. The molecule has 5 nitrogen and oxygen atoms in total. The molecular formula is C31H28N4O. The molecule has 0 bridgehead atoms. The van der Waals surface area contributed by atoms with Gasteiger partial charge in [-0.15, -0.1) is 0 Å². The Hall–Kier alpha value is -4.43. The van der Waals surface area contributed by atoms with Crippen molar-refractivity contribution >= 4 is 16.9 Å². The summed E-state index contributed by atoms with van der Waals surface area (Å²) in [7, 11) is 0. The molecule has 0 N–H and O–H groups in total. The summed E-state index contributed by atoms with van der Waals surface area (Å²) in [5.74, 6) is 2.53. The van der Waals surface area contributed by atoms with Crippen LogP contribution in [-0.4, -0.2) is 14.5 Å². The Morgan fingerprint density at radius 2 is 1.61 bits per heavy atom. The van der Waals surface area contributed by atoms with Crippen molar-refractivity contribution in [1.29, 1.82) is 0 Å². The van der Waals surface area contributed by atoms with Crippen molar-refractivity contribution in [3.63, 3.8) is 0 Å². The van der Waals surface area contributed by atoms with Crippen LogP contribution in [0.4, 0.5) is 5.69 Å². The zero-order valence-corrected chi connectivity index (χ0v) is 21.0. The fourth-order valence-corrected chi connectivity index (χ4v) is 4.66. The lowest BCUT2D eigenvalue weighted by Crippen LogP contribution is -2.05. The number of para-hydroxylation sites is 1. The van der Waals surface area contributed by atoms with Gasteiger partial charge in [0.05, 0.1) is 13.1 Å². The highest BCUT2D eigenvalue weighted by molar-refractivity contribution is 5.82. The van der Waals surface area contributed by atoms with Gasteiger partial charge < -0.3 is 9.30 Å². The number of hydrogen-bond acceptors (Lipinski definition) is 3. The molecule has 36 heavy (non-hydrogen) atoms. The van der Waals surface area contributed by atoms with Crippen LogP contribution < -0.4 is 4.74 Å². The van der Waals surface area contributed by atoms with E-state index in [0.29, 0.717) is 12.2 Å². The molecule has 3 aromatic carbocycles. The molecule has 5 heteroatoms. The highest BCUT2D eigenvalue weighted by atomic mass is 16.5. The lowest BCUT2D eigenvalue weighted by Gasteiger charge is -2.13. The summed E-state index contributed by atoms with van der Waals surface area (Å²) in [6, 6.07) is 24.1. The second kappa shape index (κ2) is 9.67. The number of nitrogens with zero attached hydrogens (tertiary/aromatic N) is 4. The summed E-state index contributed by atoms with van der Waals surface area (Å²) >= 11 is 0. The maximum Gasteiger partial charge on any atom is 0.198 e. The lowest BCUT2D eigenvalue weighted by atomic mass is 9.99. The molecule has 5 aromatic rings. The van der Waals surface area contributed by atoms with E-state index in [4.69, 9.17) is 21.3 Å². The van der Waals surface area contributed by atoms with Crippen molar-refractivity contribution in [2.75, 3.05) is 0 Å². The molecule has 0 spiro atoms. The van der Waals surface area contributed by atoms with Crippen LogP contribution in [0.5, 0.6) is 11.5 Å². The first-order chi connectivity index (χ1) is 17.5. The molecule has 0 amide bonds. The molecule has 5 rings (SSSR count). The van der Waals surface area contributed by atoms with E-state index in [-0.39, 0.29) is 0 Å². The average Bonchev–Trinajstić information content (AvgIpc) is 3.22. The third kappa shape index (κ3) is 4.46. The van der Waals surface area contributed by atoms with E-state index < -0.39 is 0 Å². The highest BCUT2D eigenvalue weighted by Crippen LogP contribution is 2.38. The van der Waals surface area contributed by atoms with E-state index >= 15 is 0 Å². The number of rotatable bonds is 6. The third-order valence-corrected chi connectivity index (χ3v) is 6.39. The van der Waals surface area contributed by atoms with Crippen LogP contribution in [-0.2, 0) is 13.0 Å². The quantitative estimate of drug-likeness (QED) is 0.235. The van der Waals surface area contributed by atoms with Crippen molar-refractivity contribution in [2.45, 2.75) is 40.7 Å². The number of aryl methyl sites for hydroxylation is 4. The summed E-state index contributed by atoms with van der Waals surface area (Å²) in [5.41, 5.74) is 8.62. The Morgan fingerprint density at radius 3 is 2.31 bits per heavy atom. The fraction of sp³-hybridized carbons (Fsp3) is 0.194. The lowest BCUT2D eigenvalue weighted by molar-refractivity contribution is 0.482. The first-order valence-corrected chi connectivity index (χ1v) is 12.1. The summed E-state index contributed by atoms with van der Waals surface area (Å²) in [6.07, 6.45) is 0.842. The number of aromatic nitrogens is 3. The summed E-state index contributed by atoms with van der Waals surface area (Å²) in [5, 5.41) is 0. The topological polar surface area (TPSA) is 44.3 Å². The van der Waals surface area contributed by atoms with Crippen molar-refractivity contribution in [3.05, 3.63) is 112 Å². The van der Waals surface area contributed by atoms with Crippen LogP contribution in [0.25, 0.3) is 27.1 Å². The van der Waals surface area contributed by atoms with Gasteiger partial charge in [0.25, 0.3) is 0 Å². The van der Waals surface area contributed by atoms with Crippen LogP contribution in [0.2, 0.25) is 0 Å². The van der Waals surface area contributed by atoms with Gasteiger partial charge in [0.2, 0.25) is 0 Å². The van der Waals surface area contributed by atoms with E-state index in [1.807, 2.05) is 56.3 Å². The largest absolute Gasteiger partial charge is 0.457 e. The Morgan fingerprint density at radius 1 is 0.861 bits per heavy atom. The van der Waals surface area contributed by atoms with Gasteiger partial charge in [-0.05, 0) is 78.9 Å². The van der Waals surface area contributed by atoms with Gasteiger partial charge >= 0.3 is 0 Å². The average molecular weight is 473 g/mol. The van der Waals surface area contributed by atoms with E-state index in [1.165, 1.54) is 0 Å². The van der Waals surface area contributed by atoms with Crippen LogP contribution in [0.3, 0.4) is 0 Å². The van der Waals surface area contributed by atoms with Crippen LogP contribution in [0.1, 0.15) is 35.1 Å². The minimum absolute atomic E-state index is 0.646. The second-order valence-corrected chi connectivity index (χ2v) is 9.08. The van der Waals surface area contributed by atoms with E-state index in [0.717, 1.165) is 68.4 Å². The minimum Gasteiger partial charge on any atom is -0.457 e. The summed E-state index contributed by atoms with van der Waals surface area (Å²) in [6.45, 7) is 16.7. The summed E-state index contributed by atoms with van der Waals surface area (Å²) < 4.78 is 8.30. The number of hydrogen-bond donors (Lipinski definition) is 0. The SMILES string of the molecule is [C-]#[N+]c1c(C)cc(Oc2ccccc2)cc1-c1ccc(Cn2c(CC)nc3c(C)cc(C)nc32)cc1. The van der Waals surface area contributed by atoms with Gasteiger partial charge in [0.15, 0.2) is 11.3 Å². The maximum absolute atomic E-state index is 7.76. The standard InChI is InChI=1S/C31H28N4O/c1-6-28-34-30-20(2)16-22(4)33-31(30)35(28)19-23-12-14-24(15-13-23)27-18-26(17-21(3)29(27)32-5)36-25-10-8-7-9-11-25/h7-18H,6,19H2,1-4H3. The predicted molar refractivity (Wildman–Crippen MR) is 145 cm³/mol. The molecule has 0 saturated heterocycles. The first-order valence-electron chi connectivity index (χ1n) is 12.1. The summed E-state index contributed by atoms with van der Waals surface area (Å²) in [4.78, 5) is 13.5. The second-order valence-electron chi connectivity index (χ2n) is 9.08. The number of fused-ring (bicyclic) bond motifs is 1.